The summed E-state index contributed by atoms with van der Waals surface area (Å²) in [5.74, 6) is 0.793. The number of ether oxygens (including phenoxy) is 1. The quantitative estimate of drug-likeness (QED) is 0.778. The van der Waals surface area contributed by atoms with Gasteiger partial charge in [-0.15, -0.1) is 0 Å². The summed E-state index contributed by atoms with van der Waals surface area (Å²) in [5, 5.41) is 12.6. The van der Waals surface area contributed by atoms with Crippen molar-refractivity contribution in [3.05, 3.63) is 29.8 Å². The van der Waals surface area contributed by atoms with Crippen LogP contribution in [0.5, 0.6) is 5.75 Å². The minimum Gasteiger partial charge on any atom is -0.492 e. The minimum absolute atomic E-state index is 0.622. The van der Waals surface area contributed by atoms with Crippen molar-refractivity contribution in [3.63, 3.8) is 0 Å². The molecule has 1 aromatic rings. The van der Waals surface area contributed by atoms with Crippen LogP contribution in [0.15, 0.2) is 24.3 Å². The maximum Gasteiger partial charge on any atom is 0.144 e. The predicted octanol–water partition coefficient (Wildman–Crippen LogP) is 2.23. The van der Waals surface area contributed by atoms with Crippen molar-refractivity contribution in [2.45, 2.75) is 20.1 Å². The van der Waals surface area contributed by atoms with Crippen LogP contribution in [0.4, 0.5) is 5.69 Å². The number of hydrogen-bond donors (Lipinski definition) is 2. The first-order valence-corrected chi connectivity index (χ1v) is 5.11. The number of nitrogens with one attached hydrogen (secondary N) is 1. The van der Waals surface area contributed by atoms with E-state index in [1.165, 1.54) is 0 Å². The first-order chi connectivity index (χ1) is 7.22. The van der Waals surface area contributed by atoms with Gasteiger partial charge in [-0.2, -0.15) is 0 Å². The van der Waals surface area contributed by atoms with E-state index in [2.05, 4.69) is 5.32 Å². The summed E-state index contributed by atoms with van der Waals surface area (Å²) in [6.45, 7) is 4.55. The highest BCUT2D eigenvalue weighted by atomic mass is 16.5. The fraction of sp³-hybridized carbons (Fsp3) is 0.333. The fourth-order valence-electron chi connectivity index (χ4n) is 1.80. The maximum atomic E-state index is 9.58. The van der Waals surface area contributed by atoms with E-state index in [4.69, 9.17) is 4.74 Å². The Labute approximate surface area is 89.4 Å². The average Bonchev–Trinajstić information content (AvgIpc) is 2.19. The summed E-state index contributed by atoms with van der Waals surface area (Å²) in [7, 11) is 0. The molecule has 1 aliphatic heterocycles. The molecule has 0 amide bonds. The van der Waals surface area contributed by atoms with Gasteiger partial charge in [0, 0.05) is 5.56 Å². The van der Waals surface area contributed by atoms with Gasteiger partial charge in [0.25, 0.3) is 0 Å². The van der Waals surface area contributed by atoms with Gasteiger partial charge in [0.05, 0.1) is 12.3 Å². The molecule has 2 N–H and O–H groups in total. The van der Waals surface area contributed by atoms with Crippen LogP contribution in [0, 0.1) is 0 Å². The molecule has 1 aromatic carbocycles. The van der Waals surface area contributed by atoms with Crippen LogP contribution in [0.1, 0.15) is 19.4 Å². The highest BCUT2D eigenvalue weighted by Crippen LogP contribution is 2.36. The summed E-state index contributed by atoms with van der Waals surface area (Å²) in [6.07, 6.45) is 1.16. The van der Waals surface area contributed by atoms with Crippen molar-refractivity contribution < 1.29 is 9.84 Å². The average molecular weight is 205 g/mol. The van der Waals surface area contributed by atoms with Crippen molar-refractivity contribution in [2.75, 3.05) is 11.9 Å². The van der Waals surface area contributed by atoms with Gasteiger partial charge < -0.3 is 15.2 Å². The van der Waals surface area contributed by atoms with Gasteiger partial charge in [-0.3, -0.25) is 0 Å². The third kappa shape index (κ3) is 1.83. The molecule has 0 fully saturated rings. The van der Waals surface area contributed by atoms with Crippen LogP contribution in [0.3, 0.4) is 0 Å². The van der Waals surface area contributed by atoms with E-state index in [0.717, 1.165) is 22.6 Å². The minimum atomic E-state index is -0.626. The number of aliphatic hydroxyl groups is 1. The third-order valence-corrected chi connectivity index (χ3v) is 2.45. The molecule has 0 bridgehead atoms. The Bertz CT molecular complexity index is 399. The monoisotopic (exact) mass is 205 g/mol. The maximum absolute atomic E-state index is 9.58. The first-order valence-electron chi connectivity index (χ1n) is 5.11. The fourth-order valence-corrected chi connectivity index (χ4v) is 1.80. The van der Waals surface area contributed by atoms with Gasteiger partial charge in [-0.1, -0.05) is 12.1 Å². The molecule has 1 heterocycles. The van der Waals surface area contributed by atoms with Crippen LogP contribution < -0.4 is 10.1 Å². The molecule has 15 heavy (non-hydrogen) atoms. The van der Waals surface area contributed by atoms with Gasteiger partial charge in [0.1, 0.15) is 12.0 Å². The lowest BCUT2D eigenvalue weighted by Gasteiger charge is -2.23. The molecule has 0 aromatic heterocycles. The van der Waals surface area contributed by atoms with E-state index in [1.54, 1.807) is 6.08 Å². The van der Waals surface area contributed by atoms with Crippen molar-refractivity contribution >= 4 is 11.3 Å². The zero-order chi connectivity index (χ0) is 10.8. The number of allylic oxidation sites excluding steroid dienone is 1. The van der Waals surface area contributed by atoms with E-state index in [9.17, 15) is 5.11 Å². The topological polar surface area (TPSA) is 41.5 Å². The number of para-hydroxylation sites is 1. The molecule has 0 saturated carbocycles. The number of benzene rings is 1. The molecule has 80 valence electrons. The van der Waals surface area contributed by atoms with Crippen molar-refractivity contribution in [3.8, 4) is 5.75 Å². The molecule has 3 heteroatoms. The second-order valence-electron chi connectivity index (χ2n) is 3.55. The summed E-state index contributed by atoms with van der Waals surface area (Å²) < 4.78 is 5.50. The standard InChI is InChI=1S/C12H15NO2/c1-3-15-10-6-4-5-9-8(2)7-11(14)13-12(9)10/h4-7,11,13-14H,3H2,1-2H3. The normalized spacial score (nSPS) is 18.9. The first kappa shape index (κ1) is 10.1. The summed E-state index contributed by atoms with van der Waals surface area (Å²) >= 11 is 0. The zero-order valence-corrected chi connectivity index (χ0v) is 8.95. The molecule has 3 nitrogen and oxygen atoms in total. The number of aliphatic hydroxyl groups excluding tert-OH is 1. The summed E-state index contributed by atoms with van der Waals surface area (Å²) in [6, 6.07) is 5.88. The predicted molar refractivity (Wildman–Crippen MR) is 60.9 cm³/mol. The Morgan fingerprint density at radius 1 is 1.47 bits per heavy atom. The Morgan fingerprint density at radius 3 is 3.00 bits per heavy atom. The van der Waals surface area contributed by atoms with Crippen LogP contribution >= 0.6 is 0 Å². The van der Waals surface area contributed by atoms with Crippen molar-refractivity contribution in [1.82, 2.24) is 0 Å². The molecule has 1 unspecified atom stereocenters. The van der Waals surface area contributed by atoms with E-state index in [0.29, 0.717) is 6.61 Å². The molecule has 1 aliphatic rings. The van der Waals surface area contributed by atoms with Gasteiger partial charge in [-0.25, -0.2) is 0 Å². The van der Waals surface area contributed by atoms with Crippen LogP contribution in [-0.4, -0.2) is 17.9 Å². The Morgan fingerprint density at radius 2 is 2.27 bits per heavy atom. The highest BCUT2D eigenvalue weighted by molar-refractivity contribution is 5.82. The lowest BCUT2D eigenvalue weighted by molar-refractivity contribution is 0.250. The van der Waals surface area contributed by atoms with Crippen LogP contribution in [0.2, 0.25) is 0 Å². The SMILES string of the molecule is CCOc1cccc2c1NC(O)C=C2C. The van der Waals surface area contributed by atoms with Crippen LogP contribution in [0.25, 0.3) is 5.57 Å². The molecule has 2 rings (SSSR count). The van der Waals surface area contributed by atoms with Crippen molar-refractivity contribution in [2.24, 2.45) is 0 Å². The second kappa shape index (κ2) is 3.95. The lowest BCUT2D eigenvalue weighted by Crippen LogP contribution is -2.21. The second-order valence-corrected chi connectivity index (χ2v) is 3.55. The van der Waals surface area contributed by atoms with E-state index in [-0.39, 0.29) is 0 Å². The Balaban J connectivity index is 2.47. The van der Waals surface area contributed by atoms with Crippen LogP contribution in [-0.2, 0) is 0 Å². The van der Waals surface area contributed by atoms with Gasteiger partial charge >= 0.3 is 0 Å². The van der Waals surface area contributed by atoms with E-state index < -0.39 is 6.23 Å². The molecule has 0 radical (unpaired) electrons. The van der Waals surface area contributed by atoms with Gasteiger partial charge in [0.15, 0.2) is 0 Å². The molecule has 0 aliphatic carbocycles. The van der Waals surface area contributed by atoms with Gasteiger partial charge in [-0.05, 0) is 31.6 Å². The number of anilines is 1. The molecule has 0 saturated heterocycles. The number of hydrogen-bond acceptors (Lipinski definition) is 3. The van der Waals surface area contributed by atoms with E-state index >= 15 is 0 Å². The Hall–Kier alpha value is -1.48. The number of rotatable bonds is 2. The highest BCUT2D eigenvalue weighted by Gasteiger charge is 2.17. The van der Waals surface area contributed by atoms with Crippen molar-refractivity contribution in [1.29, 1.82) is 0 Å². The number of fused-ring (bicyclic) bond motifs is 1. The van der Waals surface area contributed by atoms with E-state index in [1.807, 2.05) is 32.0 Å². The Kier molecular flexibility index (Phi) is 2.64. The summed E-state index contributed by atoms with van der Waals surface area (Å²) in [4.78, 5) is 0. The lowest BCUT2D eigenvalue weighted by atomic mass is 10.0. The third-order valence-electron chi connectivity index (χ3n) is 2.45. The molecule has 0 spiro atoms. The molecular formula is C12H15NO2. The largest absolute Gasteiger partial charge is 0.492 e. The van der Waals surface area contributed by atoms with Gasteiger partial charge in [0.2, 0.25) is 0 Å². The molecular weight excluding hydrogens is 190 g/mol. The smallest absolute Gasteiger partial charge is 0.144 e. The summed E-state index contributed by atoms with van der Waals surface area (Å²) in [5.41, 5.74) is 3.04. The zero-order valence-electron chi connectivity index (χ0n) is 8.95. The molecule has 1 atom stereocenters.